The molecule has 1 aromatic carbocycles. The van der Waals surface area contributed by atoms with Crippen molar-refractivity contribution in [2.24, 2.45) is 0 Å². The van der Waals surface area contributed by atoms with E-state index in [-0.39, 0.29) is 24.4 Å². The van der Waals surface area contributed by atoms with Gasteiger partial charge in [0.2, 0.25) is 0 Å². The maximum atomic E-state index is 12.6. The molecule has 1 fully saturated rings. The van der Waals surface area contributed by atoms with Crippen LogP contribution in [0, 0.1) is 0 Å². The van der Waals surface area contributed by atoms with E-state index in [2.05, 4.69) is 20.8 Å². The summed E-state index contributed by atoms with van der Waals surface area (Å²) in [5, 5.41) is 15.1. The molecule has 0 spiro atoms. The lowest BCUT2D eigenvalue weighted by atomic mass is 10.1. The molecule has 1 amide bonds. The van der Waals surface area contributed by atoms with Crippen molar-refractivity contribution in [3.8, 4) is 5.69 Å². The number of rotatable bonds is 5. The fourth-order valence-electron chi connectivity index (χ4n) is 3.41. The second kappa shape index (κ2) is 9.03. The number of piperidine rings is 1. The first-order valence-corrected chi connectivity index (χ1v) is 9.37. The molecular formula is C20H25ClN6O. The summed E-state index contributed by atoms with van der Waals surface area (Å²) in [4.78, 5) is 12.6. The molecule has 7 nitrogen and oxygen atoms in total. The van der Waals surface area contributed by atoms with Crippen molar-refractivity contribution < 1.29 is 4.79 Å². The quantitative estimate of drug-likeness (QED) is 0.690. The van der Waals surface area contributed by atoms with Gasteiger partial charge < -0.3 is 10.6 Å². The molecule has 2 unspecified atom stereocenters. The fourth-order valence-corrected chi connectivity index (χ4v) is 3.41. The molecule has 1 aliphatic heterocycles. The highest BCUT2D eigenvalue weighted by Gasteiger charge is 2.19. The minimum absolute atomic E-state index is 0. The van der Waals surface area contributed by atoms with Gasteiger partial charge in [-0.3, -0.25) is 9.48 Å². The third-order valence-electron chi connectivity index (χ3n) is 5.00. The van der Waals surface area contributed by atoms with Crippen LogP contribution in [-0.2, 0) is 0 Å². The highest BCUT2D eigenvalue weighted by molar-refractivity contribution is 5.92. The number of aromatic nitrogens is 4. The Balaban J connectivity index is 0.00000225. The Morgan fingerprint density at radius 2 is 2.07 bits per heavy atom. The van der Waals surface area contributed by atoms with Crippen molar-refractivity contribution in [2.75, 3.05) is 13.1 Å². The highest BCUT2D eigenvalue weighted by atomic mass is 35.5. The van der Waals surface area contributed by atoms with Gasteiger partial charge in [-0.15, -0.1) is 12.4 Å². The molecule has 4 rings (SSSR count). The third-order valence-corrected chi connectivity index (χ3v) is 5.00. The largest absolute Gasteiger partial charge is 0.344 e. The molecule has 2 N–H and O–H groups in total. The number of carbonyl (C=O) groups excluding carboxylic acids is 1. The molecule has 8 heteroatoms. The van der Waals surface area contributed by atoms with E-state index in [9.17, 15) is 4.79 Å². The van der Waals surface area contributed by atoms with Crippen LogP contribution in [0.1, 0.15) is 47.9 Å². The lowest BCUT2D eigenvalue weighted by Crippen LogP contribution is -2.32. The van der Waals surface area contributed by atoms with Gasteiger partial charge in [0.15, 0.2) is 0 Å². The van der Waals surface area contributed by atoms with E-state index in [0.717, 1.165) is 37.2 Å². The average Bonchev–Trinajstić information content (AvgIpc) is 3.41. The summed E-state index contributed by atoms with van der Waals surface area (Å²) in [6.45, 7) is 3.94. The topological polar surface area (TPSA) is 76.8 Å². The van der Waals surface area contributed by atoms with E-state index >= 15 is 0 Å². The summed E-state index contributed by atoms with van der Waals surface area (Å²) in [5.41, 5.74) is 2.48. The lowest BCUT2D eigenvalue weighted by molar-refractivity contribution is 0.0933. The normalized spacial score (nSPS) is 17.5. The Morgan fingerprint density at radius 1 is 1.25 bits per heavy atom. The van der Waals surface area contributed by atoms with Gasteiger partial charge >= 0.3 is 0 Å². The predicted octanol–water partition coefficient (Wildman–Crippen LogP) is 2.91. The van der Waals surface area contributed by atoms with Gasteiger partial charge in [0.25, 0.3) is 5.91 Å². The molecule has 2 atom stereocenters. The SMILES string of the molecule is CC(NC(=O)c1ccn(C2CCCNC2)n1)c1ccc(-n2cccn2)cc1.Cl. The maximum absolute atomic E-state index is 12.6. The average molecular weight is 401 g/mol. The van der Waals surface area contributed by atoms with Crippen LogP contribution in [-0.4, -0.2) is 38.6 Å². The van der Waals surface area contributed by atoms with E-state index in [1.54, 1.807) is 16.9 Å². The smallest absolute Gasteiger partial charge is 0.272 e. The van der Waals surface area contributed by atoms with Crippen LogP contribution in [0.2, 0.25) is 0 Å². The van der Waals surface area contributed by atoms with Crippen LogP contribution in [0.5, 0.6) is 0 Å². The third kappa shape index (κ3) is 4.43. The first kappa shape index (κ1) is 20.1. The van der Waals surface area contributed by atoms with Crippen LogP contribution >= 0.6 is 12.4 Å². The molecule has 3 aromatic rings. The minimum Gasteiger partial charge on any atom is -0.344 e. The van der Waals surface area contributed by atoms with E-state index < -0.39 is 0 Å². The van der Waals surface area contributed by atoms with Crippen LogP contribution in [0.4, 0.5) is 0 Å². The van der Waals surface area contributed by atoms with Crippen LogP contribution in [0.3, 0.4) is 0 Å². The number of halogens is 1. The van der Waals surface area contributed by atoms with Gasteiger partial charge in [0.05, 0.1) is 17.8 Å². The molecule has 1 aliphatic rings. The molecule has 28 heavy (non-hydrogen) atoms. The zero-order valence-electron chi connectivity index (χ0n) is 15.8. The molecule has 0 radical (unpaired) electrons. The van der Waals surface area contributed by atoms with Gasteiger partial charge in [-0.2, -0.15) is 10.2 Å². The number of carbonyl (C=O) groups is 1. The minimum atomic E-state index is -0.152. The number of amides is 1. The maximum Gasteiger partial charge on any atom is 0.272 e. The summed E-state index contributed by atoms with van der Waals surface area (Å²) in [5.74, 6) is -0.152. The van der Waals surface area contributed by atoms with Crippen LogP contribution in [0.25, 0.3) is 5.69 Å². The van der Waals surface area contributed by atoms with Crippen molar-refractivity contribution in [1.29, 1.82) is 0 Å². The van der Waals surface area contributed by atoms with Crippen molar-refractivity contribution in [1.82, 2.24) is 30.2 Å². The van der Waals surface area contributed by atoms with E-state index in [1.807, 2.05) is 54.3 Å². The van der Waals surface area contributed by atoms with Crippen molar-refractivity contribution in [3.05, 3.63) is 66.2 Å². The molecule has 148 valence electrons. The molecule has 2 aromatic heterocycles. The number of benzene rings is 1. The summed E-state index contributed by atoms with van der Waals surface area (Å²) < 4.78 is 3.71. The highest BCUT2D eigenvalue weighted by Crippen LogP contribution is 2.18. The van der Waals surface area contributed by atoms with E-state index in [4.69, 9.17) is 0 Å². The van der Waals surface area contributed by atoms with Crippen LogP contribution < -0.4 is 10.6 Å². The number of hydrogen-bond acceptors (Lipinski definition) is 4. The van der Waals surface area contributed by atoms with Gasteiger partial charge in [-0.1, -0.05) is 12.1 Å². The molecule has 0 saturated carbocycles. The summed E-state index contributed by atoms with van der Waals surface area (Å²) in [7, 11) is 0. The first-order valence-electron chi connectivity index (χ1n) is 9.37. The predicted molar refractivity (Wildman–Crippen MR) is 110 cm³/mol. The van der Waals surface area contributed by atoms with Gasteiger partial charge in [-0.25, -0.2) is 4.68 Å². The van der Waals surface area contributed by atoms with Crippen molar-refractivity contribution in [3.63, 3.8) is 0 Å². The Bertz CT molecular complexity index is 884. The van der Waals surface area contributed by atoms with Crippen molar-refractivity contribution >= 4 is 18.3 Å². The Hall–Kier alpha value is -2.64. The zero-order valence-corrected chi connectivity index (χ0v) is 16.6. The Labute approximate surface area is 170 Å². The second-order valence-electron chi connectivity index (χ2n) is 6.92. The summed E-state index contributed by atoms with van der Waals surface area (Å²) >= 11 is 0. The van der Waals surface area contributed by atoms with Gasteiger partial charge in [0, 0.05) is 25.1 Å². The zero-order chi connectivity index (χ0) is 18.6. The molecule has 0 aliphatic carbocycles. The van der Waals surface area contributed by atoms with Gasteiger partial charge in [-0.05, 0) is 56.1 Å². The van der Waals surface area contributed by atoms with Crippen LogP contribution in [0.15, 0.2) is 55.0 Å². The second-order valence-corrected chi connectivity index (χ2v) is 6.92. The van der Waals surface area contributed by atoms with E-state index in [1.165, 1.54) is 0 Å². The number of hydrogen-bond donors (Lipinski definition) is 2. The van der Waals surface area contributed by atoms with E-state index in [0.29, 0.717) is 11.7 Å². The molecule has 0 bridgehead atoms. The molecular weight excluding hydrogens is 376 g/mol. The summed E-state index contributed by atoms with van der Waals surface area (Å²) in [6.07, 6.45) is 7.78. The first-order chi connectivity index (χ1) is 13.2. The molecule has 1 saturated heterocycles. The summed E-state index contributed by atoms with van der Waals surface area (Å²) in [6, 6.07) is 11.9. The molecule has 3 heterocycles. The van der Waals surface area contributed by atoms with Gasteiger partial charge in [0.1, 0.15) is 5.69 Å². The Kier molecular flexibility index (Phi) is 6.49. The lowest BCUT2D eigenvalue weighted by Gasteiger charge is -2.22. The number of nitrogens with one attached hydrogen (secondary N) is 2. The fraction of sp³-hybridized carbons (Fsp3) is 0.350. The standard InChI is InChI=1S/C20H24N6O.ClH/c1-15(16-5-7-17(8-6-16)25-12-3-11-22-25)23-20(27)19-9-13-26(24-19)18-4-2-10-21-14-18;/h3,5-9,11-13,15,18,21H,2,4,10,14H2,1H3,(H,23,27);1H. The monoisotopic (exact) mass is 400 g/mol. The van der Waals surface area contributed by atoms with Crippen molar-refractivity contribution in [2.45, 2.75) is 31.8 Å². The number of nitrogens with zero attached hydrogens (tertiary/aromatic N) is 4. The Morgan fingerprint density at radius 3 is 2.75 bits per heavy atom.